The number of carboxylic acids is 1. The number of anilines is 1. The van der Waals surface area contributed by atoms with Gasteiger partial charge in [0.25, 0.3) is 5.69 Å². The molecule has 0 unspecified atom stereocenters. The smallest absolute Gasteiger partial charge is 0.336 e. The van der Waals surface area contributed by atoms with Crippen molar-refractivity contribution in [3.63, 3.8) is 0 Å². The summed E-state index contributed by atoms with van der Waals surface area (Å²) in [5.41, 5.74) is 6.96. The summed E-state index contributed by atoms with van der Waals surface area (Å²) in [6.07, 6.45) is 1.39. The topological polar surface area (TPSA) is 106 Å². The van der Waals surface area contributed by atoms with Gasteiger partial charge in [-0.05, 0) is 29.3 Å². The van der Waals surface area contributed by atoms with Crippen molar-refractivity contribution in [1.82, 2.24) is 0 Å². The summed E-state index contributed by atoms with van der Waals surface area (Å²) >= 11 is 0. The molecule has 0 aliphatic rings. The number of nitrogens with zero attached hydrogens (tertiary/aromatic N) is 1. The summed E-state index contributed by atoms with van der Waals surface area (Å²) < 4.78 is 0. The molecule has 0 radical (unpaired) electrons. The van der Waals surface area contributed by atoms with Gasteiger partial charge < -0.3 is 10.8 Å². The number of hydrogen-bond donors (Lipinski definition) is 2. The Bertz CT molecular complexity index is 721. The highest BCUT2D eigenvalue weighted by Crippen LogP contribution is 2.22. The maximum atomic E-state index is 11.4. The molecule has 2 aromatic carbocycles. The van der Waals surface area contributed by atoms with E-state index >= 15 is 0 Å². The lowest BCUT2D eigenvalue weighted by Gasteiger charge is -2.04. The van der Waals surface area contributed by atoms with Crippen LogP contribution in [0.1, 0.15) is 11.1 Å². The van der Waals surface area contributed by atoms with Gasteiger partial charge in [0.2, 0.25) is 0 Å². The number of carboxylic acid groups (broad SMARTS) is 1. The number of hydrogen-bond acceptors (Lipinski definition) is 4. The molecule has 0 amide bonds. The number of non-ortho nitro benzene ring substituents is 1. The third-order valence-electron chi connectivity index (χ3n) is 2.84. The molecule has 0 spiro atoms. The molecule has 0 heterocycles. The molecule has 6 heteroatoms. The van der Waals surface area contributed by atoms with Crippen LogP contribution in [-0.4, -0.2) is 16.0 Å². The highest BCUT2D eigenvalue weighted by molar-refractivity contribution is 6.20. The molecular formula is C15H12N2O4. The number of nitro groups is 1. The Morgan fingerprint density at radius 1 is 1.19 bits per heavy atom. The second kappa shape index (κ2) is 5.87. The first kappa shape index (κ1) is 14.3. The zero-order valence-corrected chi connectivity index (χ0v) is 10.9. The Morgan fingerprint density at radius 2 is 1.86 bits per heavy atom. The minimum atomic E-state index is -1.12. The van der Waals surface area contributed by atoms with E-state index in [1.165, 1.54) is 24.3 Å². The maximum Gasteiger partial charge on any atom is 0.336 e. The van der Waals surface area contributed by atoms with Crippen LogP contribution in [0.15, 0.2) is 48.5 Å². The van der Waals surface area contributed by atoms with E-state index in [9.17, 15) is 20.0 Å². The predicted octanol–water partition coefficient (Wildman–Crippen LogP) is 2.80. The molecule has 0 saturated carbocycles. The monoisotopic (exact) mass is 284 g/mol. The predicted molar refractivity (Wildman–Crippen MR) is 79.5 cm³/mol. The van der Waals surface area contributed by atoms with Crippen LogP contribution in [0.3, 0.4) is 0 Å². The fraction of sp³-hybridized carbons (Fsp3) is 0. The Morgan fingerprint density at radius 3 is 2.43 bits per heavy atom. The Hall–Kier alpha value is -3.15. The first-order valence-electron chi connectivity index (χ1n) is 6.03. The first-order valence-corrected chi connectivity index (χ1v) is 6.03. The number of aliphatic carboxylic acids is 1. The molecule has 6 nitrogen and oxygen atoms in total. The van der Waals surface area contributed by atoms with Crippen molar-refractivity contribution in [2.45, 2.75) is 0 Å². The molecule has 0 aliphatic carbocycles. The van der Waals surface area contributed by atoms with Crippen molar-refractivity contribution in [3.05, 3.63) is 69.8 Å². The van der Waals surface area contributed by atoms with Crippen LogP contribution in [0.5, 0.6) is 0 Å². The van der Waals surface area contributed by atoms with Crippen LogP contribution < -0.4 is 5.73 Å². The molecule has 0 fully saturated rings. The Balaban J connectivity index is 2.47. The van der Waals surface area contributed by atoms with Gasteiger partial charge in [-0.3, -0.25) is 10.1 Å². The summed E-state index contributed by atoms with van der Waals surface area (Å²) in [6.45, 7) is 0. The summed E-state index contributed by atoms with van der Waals surface area (Å²) in [6, 6.07) is 12.2. The van der Waals surface area contributed by atoms with E-state index in [0.29, 0.717) is 16.8 Å². The Labute approximate surface area is 120 Å². The summed E-state index contributed by atoms with van der Waals surface area (Å²) in [4.78, 5) is 21.6. The average molecular weight is 284 g/mol. The zero-order chi connectivity index (χ0) is 15.4. The SMILES string of the molecule is Nc1ccc(/C(=C/c2cccc([N+](=O)[O-])c2)C(=O)O)cc1. The molecule has 2 aromatic rings. The van der Waals surface area contributed by atoms with E-state index in [-0.39, 0.29) is 11.3 Å². The van der Waals surface area contributed by atoms with Crippen LogP contribution in [0.2, 0.25) is 0 Å². The van der Waals surface area contributed by atoms with Crippen LogP contribution in [0, 0.1) is 10.1 Å². The van der Waals surface area contributed by atoms with Crippen molar-refractivity contribution in [2.75, 3.05) is 5.73 Å². The van der Waals surface area contributed by atoms with E-state index in [1.54, 1.807) is 30.3 Å². The van der Waals surface area contributed by atoms with Gasteiger partial charge in [0.05, 0.1) is 10.5 Å². The normalized spacial score (nSPS) is 11.1. The van der Waals surface area contributed by atoms with Crippen molar-refractivity contribution in [2.24, 2.45) is 0 Å². The fourth-order valence-corrected chi connectivity index (χ4v) is 1.83. The third-order valence-corrected chi connectivity index (χ3v) is 2.84. The number of nitrogens with two attached hydrogens (primary N) is 1. The number of rotatable bonds is 4. The maximum absolute atomic E-state index is 11.4. The molecule has 0 aromatic heterocycles. The van der Waals surface area contributed by atoms with E-state index in [0.717, 1.165) is 0 Å². The number of nitro benzene ring substituents is 1. The molecule has 0 bridgehead atoms. The van der Waals surface area contributed by atoms with E-state index < -0.39 is 10.9 Å². The minimum absolute atomic E-state index is 0.0375. The largest absolute Gasteiger partial charge is 0.478 e. The van der Waals surface area contributed by atoms with Crippen LogP contribution in [0.4, 0.5) is 11.4 Å². The molecule has 0 atom stereocenters. The summed E-state index contributed by atoms with van der Waals surface area (Å²) in [5.74, 6) is -1.12. The Kier molecular flexibility index (Phi) is 3.99. The lowest BCUT2D eigenvalue weighted by molar-refractivity contribution is -0.384. The summed E-state index contributed by atoms with van der Waals surface area (Å²) in [7, 11) is 0. The van der Waals surface area contributed by atoms with Gasteiger partial charge >= 0.3 is 5.97 Å². The van der Waals surface area contributed by atoms with Gasteiger partial charge in [-0.2, -0.15) is 0 Å². The summed E-state index contributed by atoms with van der Waals surface area (Å²) in [5, 5.41) is 20.0. The average Bonchev–Trinajstić information content (AvgIpc) is 2.46. The molecule has 106 valence electrons. The van der Waals surface area contributed by atoms with Crippen LogP contribution in [0.25, 0.3) is 11.6 Å². The van der Waals surface area contributed by atoms with Gasteiger partial charge in [0.15, 0.2) is 0 Å². The van der Waals surface area contributed by atoms with E-state index in [1.807, 2.05) is 0 Å². The van der Waals surface area contributed by atoms with Crippen LogP contribution >= 0.6 is 0 Å². The van der Waals surface area contributed by atoms with Gasteiger partial charge in [-0.1, -0.05) is 24.3 Å². The van der Waals surface area contributed by atoms with Crippen LogP contribution in [-0.2, 0) is 4.79 Å². The van der Waals surface area contributed by atoms with Gasteiger partial charge in [0, 0.05) is 17.8 Å². The molecule has 3 N–H and O–H groups in total. The lowest BCUT2D eigenvalue weighted by atomic mass is 10.0. The first-order chi connectivity index (χ1) is 9.97. The number of benzene rings is 2. The van der Waals surface area contributed by atoms with Crippen molar-refractivity contribution < 1.29 is 14.8 Å². The van der Waals surface area contributed by atoms with Crippen molar-refractivity contribution in [1.29, 1.82) is 0 Å². The molecule has 2 rings (SSSR count). The van der Waals surface area contributed by atoms with Crippen molar-refractivity contribution in [3.8, 4) is 0 Å². The van der Waals surface area contributed by atoms with Gasteiger partial charge in [-0.25, -0.2) is 4.79 Å². The fourth-order valence-electron chi connectivity index (χ4n) is 1.83. The molecule has 0 saturated heterocycles. The quantitative estimate of drug-likeness (QED) is 0.295. The molecule has 0 aliphatic heterocycles. The standard InChI is InChI=1S/C15H12N2O4/c16-12-6-4-11(5-7-12)14(15(18)19)9-10-2-1-3-13(8-10)17(20)21/h1-9H,16H2,(H,18,19)/b14-9-. The van der Waals surface area contributed by atoms with E-state index in [2.05, 4.69) is 0 Å². The number of nitrogen functional groups attached to an aromatic ring is 1. The second-order valence-electron chi connectivity index (χ2n) is 4.34. The van der Waals surface area contributed by atoms with Crippen molar-refractivity contribution >= 4 is 29.0 Å². The molecule has 21 heavy (non-hydrogen) atoms. The van der Waals surface area contributed by atoms with Gasteiger partial charge in [0.1, 0.15) is 0 Å². The second-order valence-corrected chi connectivity index (χ2v) is 4.34. The highest BCUT2D eigenvalue weighted by atomic mass is 16.6. The van der Waals surface area contributed by atoms with Gasteiger partial charge in [-0.15, -0.1) is 0 Å². The minimum Gasteiger partial charge on any atom is -0.478 e. The third kappa shape index (κ3) is 3.44. The molecular weight excluding hydrogens is 272 g/mol. The van der Waals surface area contributed by atoms with E-state index in [4.69, 9.17) is 5.73 Å². The number of carbonyl (C=O) groups is 1. The zero-order valence-electron chi connectivity index (χ0n) is 10.9. The highest BCUT2D eigenvalue weighted by Gasteiger charge is 2.11. The lowest BCUT2D eigenvalue weighted by Crippen LogP contribution is -2.00.